The standard InChI is InChI=1S/C18H31N5O2.HI/c1-5-19-18(22-16-12-23(13(2)3)11-14(16)4)21-10-17(24)20-9-15-7-6-8-25-15;/h6-8,13-14,16H,5,9-12H2,1-4H3,(H,20,24)(H2,19,21,22);1H. The first-order chi connectivity index (χ1) is 12.0. The quantitative estimate of drug-likeness (QED) is 0.317. The number of carbonyl (C=O) groups is 1. The van der Waals surface area contributed by atoms with Crippen molar-refractivity contribution >= 4 is 35.8 Å². The molecule has 1 aromatic heterocycles. The van der Waals surface area contributed by atoms with Gasteiger partial charge >= 0.3 is 0 Å². The van der Waals surface area contributed by atoms with Crippen molar-refractivity contribution in [2.75, 3.05) is 26.2 Å². The number of aliphatic imine (C=N–C) groups is 1. The molecule has 1 amide bonds. The minimum atomic E-state index is -0.128. The van der Waals surface area contributed by atoms with Gasteiger partial charge in [-0.3, -0.25) is 9.69 Å². The number of hydrogen-bond acceptors (Lipinski definition) is 4. The van der Waals surface area contributed by atoms with E-state index in [1.165, 1.54) is 0 Å². The molecule has 2 heterocycles. The zero-order chi connectivity index (χ0) is 18.2. The van der Waals surface area contributed by atoms with E-state index in [4.69, 9.17) is 4.42 Å². The molecule has 2 unspecified atom stereocenters. The molecule has 0 radical (unpaired) electrons. The van der Waals surface area contributed by atoms with E-state index in [0.29, 0.717) is 30.5 Å². The maximum absolute atomic E-state index is 12.0. The van der Waals surface area contributed by atoms with Crippen LogP contribution in [0.2, 0.25) is 0 Å². The molecular formula is C18H32IN5O2. The smallest absolute Gasteiger partial charge is 0.242 e. The fourth-order valence-corrected chi connectivity index (χ4v) is 2.92. The first-order valence-electron chi connectivity index (χ1n) is 9.07. The topological polar surface area (TPSA) is 81.9 Å². The van der Waals surface area contributed by atoms with E-state index in [1.807, 2.05) is 13.0 Å². The lowest BCUT2D eigenvalue weighted by Crippen LogP contribution is -2.47. The van der Waals surface area contributed by atoms with Crippen LogP contribution in [0.3, 0.4) is 0 Å². The average Bonchev–Trinajstić information content (AvgIpc) is 3.21. The Bertz CT molecular complexity index is 562. The molecule has 2 rings (SSSR count). The van der Waals surface area contributed by atoms with Crippen LogP contribution in [0.25, 0.3) is 0 Å². The van der Waals surface area contributed by atoms with E-state index in [9.17, 15) is 4.79 Å². The number of nitrogens with zero attached hydrogens (tertiary/aromatic N) is 2. The number of hydrogen-bond donors (Lipinski definition) is 3. The van der Waals surface area contributed by atoms with Crippen LogP contribution < -0.4 is 16.0 Å². The third kappa shape index (κ3) is 7.14. The van der Waals surface area contributed by atoms with Gasteiger partial charge in [-0.25, -0.2) is 4.99 Å². The molecule has 0 spiro atoms. The normalized spacial score (nSPS) is 20.7. The minimum Gasteiger partial charge on any atom is -0.467 e. The van der Waals surface area contributed by atoms with Gasteiger partial charge in [0.05, 0.1) is 12.8 Å². The molecule has 26 heavy (non-hydrogen) atoms. The summed E-state index contributed by atoms with van der Waals surface area (Å²) in [5, 5.41) is 9.50. The monoisotopic (exact) mass is 477 g/mol. The molecule has 0 aromatic carbocycles. The van der Waals surface area contributed by atoms with Crippen LogP contribution in [0.1, 0.15) is 33.5 Å². The van der Waals surface area contributed by atoms with Crippen LogP contribution in [0, 0.1) is 5.92 Å². The van der Waals surface area contributed by atoms with Crippen molar-refractivity contribution in [3.63, 3.8) is 0 Å². The summed E-state index contributed by atoms with van der Waals surface area (Å²) in [6, 6.07) is 4.51. The van der Waals surface area contributed by atoms with Crippen molar-refractivity contribution in [3.05, 3.63) is 24.2 Å². The first kappa shape index (κ1) is 22.8. The van der Waals surface area contributed by atoms with Gasteiger partial charge in [0.25, 0.3) is 0 Å². The summed E-state index contributed by atoms with van der Waals surface area (Å²) < 4.78 is 5.20. The van der Waals surface area contributed by atoms with Gasteiger partial charge in [-0.1, -0.05) is 6.92 Å². The number of guanidine groups is 1. The molecule has 7 nitrogen and oxygen atoms in total. The average molecular weight is 477 g/mol. The fraction of sp³-hybridized carbons (Fsp3) is 0.667. The maximum Gasteiger partial charge on any atom is 0.242 e. The highest BCUT2D eigenvalue weighted by Gasteiger charge is 2.31. The van der Waals surface area contributed by atoms with Crippen LogP contribution in [0.4, 0.5) is 0 Å². The predicted octanol–water partition coefficient (Wildman–Crippen LogP) is 1.80. The Kier molecular flexibility index (Phi) is 10.0. The lowest BCUT2D eigenvalue weighted by molar-refractivity contribution is -0.119. The van der Waals surface area contributed by atoms with Gasteiger partial charge in [0.1, 0.15) is 12.3 Å². The molecule has 0 saturated carbocycles. The van der Waals surface area contributed by atoms with E-state index in [2.05, 4.69) is 46.6 Å². The van der Waals surface area contributed by atoms with Crippen LogP contribution in [-0.4, -0.2) is 55.0 Å². The lowest BCUT2D eigenvalue weighted by atomic mass is 10.1. The van der Waals surface area contributed by atoms with Crippen molar-refractivity contribution < 1.29 is 9.21 Å². The van der Waals surface area contributed by atoms with Crippen LogP contribution in [0.5, 0.6) is 0 Å². The van der Waals surface area contributed by atoms with Crippen molar-refractivity contribution in [1.29, 1.82) is 0 Å². The number of likely N-dealkylation sites (tertiary alicyclic amines) is 1. The number of amides is 1. The summed E-state index contributed by atoms with van der Waals surface area (Å²) >= 11 is 0. The molecule has 0 aliphatic carbocycles. The second kappa shape index (κ2) is 11.4. The second-order valence-corrected chi connectivity index (χ2v) is 6.83. The Morgan fingerprint density at radius 1 is 1.38 bits per heavy atom. The predicted molar refractivity (Wildman–Crippen MR) is 115 cm³/mol. The third-order valence-corrected chi connectivity index (χ3v) is 4.46. The largest absolute Gasteiger partial charge is 0.467 e. The van der Waals surface area contributed by atoms with Crippen molar-refractivity contribution in [1.82, 2.24) is 20.9 Å². The number of halogens is 1. The van der Waals surface area contributed by atoms with Crippen LogP contribution >= 0.6 is 24.0 Å². The molecule has 8 heteroatoms. The number of carbonyl (C=O) groups excluding carboxylic acids is 1. The number of rotatable bonds is 7. The first-order valence-corrected chi connectivity index (χ1v) is 9.07. The van der Waals surface area contributed by atoms with E-state index < -0.39 is 0 Å². The molecule has 1 aromatic rings. The van der Waals surface area contributed by atoms with Gasteiger partial charge in [0.15, 0.2) is 5.96 Å². The Labute approximate surface area is 173 Å². The van der Waals surface area contributed by atoms with Crippen LogP contribution in [0.15, 0.2) is 27.8 Å². The molecular weight excluding hydrogens is 445 g/mol. The van der Waals surface area contributed by atoms with Gasteiger partial charge < -0.3 is 20.4 Å². The van der Waals surface area contributed by atoms with Gasteiger partial charge in [0.2, 0.25) is 5.91 Å². The van der Waals surface area contributed by atoms with E-state index in [-0.39, 0.29) is 36.4 Å². The van der Waals surface area contributed by atoms with Crippen LogP contribution in [-0.2, 0) is 11.3 Å². The summed E-state index contributed by atoms with van der Waals surface area (Å²) in [6.07, 6.45) is 1.59. The zero-order valence-corrected chi connectivity index (χ0v) is 18.4. The highest BCUT2D eigenvalue weighted by atomic mass is 127. The van der Waals surface area contributed by atoms with E-state index >= 15 is 0 Å². The maximum atomic E-state index is 12.0. The lowest BCUT2D eigenvalue weighted by Gasteiger charge is -2.21. The van der Waals surface area contributed by atoms with E-state index in [1.54, 1.807) is 12.3 Å². The van der Waals surface area contributed by atoms with Gasteiger partial charge in [-0.15, -0.1) is 24.0 Å². The second-order valence-electron chi connectivity index (χ2n) is 6.83. The highest BCUT2D eigenvalue weighted by Crippen LogP contribution is 2.18. The molecule has 1 fully saturated rings. The third-order valence-electron chi connectivity index (χ3n) is 4.46. The van der Waals surface area contributed by atoms with Crippen molar-refractivity contribution in [3.8, 4) is 0 Å². The molecule has 0 bridgehead atoms. The van der Waals surface area contributed by atoms with E-state index in [0.717, 1.165) is 25.4 Å². The highest BCUT2D eigenvalue weighted by molar-refractivity contribution is 14.0. The zero-order valence-electron chi connectivity index (χ0n) is 16.1. The van der Waals surface area contributed by atoms with Gasteiger partial charge in [-0.05, 0) is 38.8 Å². The molecule has 1 aliphatic rings. The number of nitrogens with one attached hydrogen (secondary N) is 3. The molecule has 1 saturated heterocycles. The molecule has 2 atom stereocenters. The summed E-state index contributed by atoms with van der Waals surface area (Å²) in [6.45, 7) is 12.0. The Balaban J connectivity index is 0.00000338. The number of furan rings is 1. The Morgan fingerprint density at radius 3 is 2.73 bits per heavy atom. The summed E-state index contributed by atoms with van der Waals surface area (Å²) in [4.78, 5) is 18.8. The minimum absolute atomic E-state index is 0. The fourth-order valence-electron chi connectivity index (χ4n) is 2.92. The Hall–Kier alpha value is -1.29. The summed E-state index contributed by atoms with van der Waals surface area (Å²) in [5.74, 6) is 1.84. The molecule has 148 valence electrons. The van der Waals surface area contributed by atoms with Crippen molar-refractivity contribution in [2.24, 2.45) is 10.9 Å². The Morgan fingerprint density at radius 2 is 2.15 bits per heavy atom. The summed E-state index contributed by atoms with van der Waals surface area (Å²) in [5.41, 5.74) is 0. The van der Waals surface area contributed by atoms with Gasteiger partial charge in [-0.2, -0.15) is 0 Å². The molecule has 1 aliphatic heterocycles. The summed E-state index contributed by atoms with van der Waals surface area (Å²) in [7, 11) is 0. The molecule has 3 N–H and O–H groups in total. The van der Waals surface area contributed by atoms with Crippen molar-refractivity contribution in [2.45, 2.75) is 46.3 Å². The van der Waals surface area contributed by atoms with Gasteiger partial charge in [0, 0.05) is 31.7 Å². The SMILES string of the molecule is CCNC(=NCC(=O)NCc1ccco1)NC1CN(C(C)C)CC1C.I.